The summed E-state index contributed by atoms with van der Waals surface area (Å²) < 4.78 is 0. The summed E-state index contributed by atoms with van der Waals surface area (Å²) in [5.74, 6) is 0. The minimum Gasteiger partial charge on any atom is -0.374 e. The molecule has 1 rings (SSSR count). The molecule has 0 atom stereocenters. The van der Waals surface area contributed by atoms with E-state index in [-0.39, 0.29) is 0 Å². The Kier molecular flexibility index (Phi) is 4.32. The van der Waals surface area contributed by atoms with Crippen molar-refractivity contribution in [2.45, 2.75) is 19.8 Å². The van der Waals surface area contributed by atoms with Gasteiger partial charge in [-0.05, 0) is 19.8 Å². The van der Waals surface area contributed by atoms with Crippen LogP contribution in [0, 0.1) is 11.3 Å². The molecule has 0 spiro atoms. The second kappa shape index (κ2) is 5.05. The third-order valence-corrected chi connectivity index (χ3v) is 3.97. The van der Waals surface area contributed by atoms with Crippen LogP contribution < -0.4 is 0 Å². The van der Waals surface area contributed by atoms with E-state index < -0.39 is 6.63 Å². The van der Waals surface area contributed by atoms with E-state index in [4.69, 9.17) is 27.7 Å². The smallest absolute Gasteiger partial charge is 0.129 e. The lowest BCUT2D eigenvalue weighted by Crippen LogP contribution is -2.17. The highest BCUT2D eigenvalue weighted by Gasteiger charge is 2.18. The maximum Gasteiger partial charge on any atom is 0.129 e. The summed E-state index contributed by atoms with van der Waals surface area (Å²) >= 11 is 11.5. The minimum absolute atomic E-state index is 0.542. The van der Waals surface area contributed by atoms with Crippen molar-refractivity contribution in [1.82, 2.24) is 4.90 Å². The van der Waals surface area contributed by atoms with Crippen LogP contribution in [0.1, 0.15) is 19.8 Å². The second-order valence-corrected chi connectivity index (χ2v) is 6.43. The molecule has 5 heteroatoms. The molecule has 0 aromatic rings. The fraction of sp³-hybridized carbons (Fsp3) is 0.625. The van der Waals surface area contributed by atoms with Crippen LogP contribution in [0.5, 0.6) is 0 Å². The standard InChI is InChI=1S/C8H11Cl2N2P/c1-7(8(6-11)13(9)10)12-4-2-3-5-12/h2-5H2,1H3/b8-7-. The SMILES string of the molecule is C/C(=C(\C#N)P(Cl)Cl)N1CCCC1. The molecule has 13 heavy (non-hydrogen) atoms. The number of nitriles is 1. The molecule has 1 heterocycles. The number of halogens is 2. The van der Waals surface area contributed by atoms with E-state index >= 15 is 0 Å². The van der Waals surface area contributed by atoms with Crippen molar-refractivity contribution >= 4 is 29.1 Å². The Morgan fingerprint density at radius 1 is 1.38 bits per heavy atom. The molecule has 0 unspecified atom stereocenters. The fourth-order valence-electron chi connectivity index (χ4n) is 1.44. The van der Waals surface area contributed by atoms with Gasteiger partial charge in [0.15, 0.2) is 0 Å². The average molecular weight is 237 g/mol. The van der Waals surface area contributed by atoms with Crippen molar-refractivity contribution in [2.75, 3.05) is 13.1 Å². The van der Waals surface area contributed by atoms with Crippen molar-refractivity contribution in [2.24, 2.45) is 0 Å². The predicted molar refractivity (Wildman–Crippen MR) is 57.7 cm³/mol. The minimum atomic E-state index is -1.30. The number of allylic oxidation sites excluding steroid dienone is 2. The number of hydrogen-bond acceptors (Lipinski definition) is 2. The fourth-order valence-corrected chi connectivity index (χ4v) is 2.87. The van der Waals surface area contributed by atoms with Crippen LogP contribution >= 0.6 is 29.1 Å². The van der Waals surface area contributed by atoms with Crippen molar-refractivity contribution in [1.29, 1.82) is 5.26 Å². The third kappa shape index (κ3) is 2.74. The molecule has 0 radical (unpaired) electrons. The third-order valence-electron chi connectivity index (χ3n) is 2.20. The topological polar surface area (TPSA) is 27.0 Å². The molecule has 1 saturated heterocycles. The van der Waals surface area contributed by atoms with Crippen molar-refractivity contribution in [3.8, 4) is 6.07 Å². The Morgan fingerprint density at radius 3 is 2.31 bits per heavy atom. The first-order valence-electron chi connectivity index (χ1n) is 4.14. The molecule has 1 aliphatic rings. The predicted octanol–water partition coefficient (Wildman–Crippen LogP) is 3.63. The van der Waals surface area contributed by atoms with Crippen molar-refractivity contribution < 1.29 is 0 Å². The van der Waals surface area contributed by atoms with Gasteiger partial charge in [0.25, 0.3) is 0 Å². The maximum absolute atomic E-state index is 8.84. The summed E-state index contributed by atoms with van der Waals surface area (Å²) in [7, 11) is 0. The highest BCUT2D eigenvalue weighted by Crippen LogP contribution is 2.55. The Labute approximate surface area is 89.4 Å². The monoisotopic (exact) mass is 236 g/mol. The highest BCUT2D eigenvalue weighted by molar-refractivity contribution is 8.06. The Morgan fingerprint density at radius 2 is 1.92 bits per heavy atom. The van der Waals surface area contributed by atoms with E-state index in [1.165, 1.54) is 12.8 Å². The van der Waals surface area contributed by atoms with E-state index in [0.717, 1.165) is 18.8 Å². The summed E-state index contributed by atoms with van der Waals surface area (Å²) in [6, 6.07) is 2.08. The Hall–Kier alpha value is 0.0400. The average Bonchev–Trinajstić information content (AvgIpc) is 2.56. The lowest BCUT2D eigenvalue weighted by Gasteiger charge is -2.19. The Balaban J connectivity index is 2.81. The van der Waals surface area contributed by atoms with Crippen LogP contribution in [0.2, 0.25) is 0 Å². The van der Waals surface area contributed by atoms with E-state index in [1.54, 1.807) is 0 Å². The van der Waals surface area contributed by atoms with Crippen LogP contribution in [-0.4, -0.2) is 18.0 Å². The molecule has 0 aromatic carbocycles. The maximum atomic E-state index is 8.84. The van der Waals surface area contributed by atoms with Gasteiger partial charge in [0.05, 0.1) is 0 Å². The first-order valence-corrected chi connectivity index (χ1v) is 7.29. The van der Waals surface area contributed by atoms with Gasteiger partial charge >= 0.3 is 0 Å². The second-order valence-electron chi connectivity index (χ2n) is 2.97. The van der Waals surface area contributed by atoms with Crippen LogP contribution in [-0.2, 0) is 0 Å². The Bertz CT molecular complexity index is 251. The van der Waals surface area contributed by atoms with Gasteiger partial charge in [-0.1, -0.05) is 22.5 Å². The molecule has 0 N–H and O–H groups in total. The van der Waals surface area contributed by atoms with E-state index in [0.29, 0.717) is 5.31 Å². The lowest BCUT2D eigenvalue weighted by atomic mass is 10.4. The van der Waals surface area contributed by atoms with Crippen LogP contribution in [0.3, 0.4) is 0 Å². The van der Waals surface area contributed by atoms with Gasteiger partial charge in [-0.2, -0.15) is 5.26 Å². The van der Waals surface area contributed by atoms with Gasteiger partial charge < -0.3 is 4.90 Å². The molecule has 2 nitrogen and oxygen atoms in total. The zero-order chi connectivity index (χ0) is 9.84. The molecule has 1 aliphatic heterocycles. The molecule has 0 bridgehead atoms. The molecule has 0 aliphatic carbocycles. The molecule has 0 saturated carbocycles. The lowest BCUT2D eigenvalue weighted by molar-refractivity contribution is 0.427. The van der Waals surface area contributed by atoms with Crippen molar-refractivity contribution in [3.63, 3.8) is 0 Å². The molecule has 0 aromatic heterocycles. The van der Waals surface area contributed by atoms with Gasteiger partial charge in [0.2, 0.25) is 0 Å². The zero-order valence-electron chi connectivity index (χ0n) is 7.43. The van der Waals surface area contributed by atoms with E-state index in [2.05, 4.69) is 11.0 Å². The summed E-state index contributed by atoms with van der Waals surface area (Å²) in [5, 5.41) is 9.38. The van der Waals surface area contributed by atoms with Crippen LogP contribution in [0.25, 0.3) is 0 Å². The van der Waals surface area contributed by atoms with Gasteiger partial charge in [0, 0.05) is 18.8 Å². The van der Waals surface area contributed by atoms with Crippen molar-refractivity contribution in [3.05, 3.63) is 11.0 Å². The largest absolute Gasteiger partial charge is 0.374 e. The molecule has 0 amide bonds. The number of nitrogens with zero attached hydrogens (tertiary/aromatic N) is 2. The number of rotatable bonds is 2. The van der Waals surface area contributed by atoms with Gasteiger partial charge in [-0.3, -0.25) is 0 Å². The highest BCUT2D eigenvalue weighted by atomic mass is 35.9. The molecular formula is C8H11Cl2N2P. The van der Waals surface area contributed by atoms with Gasteiger partial charge in [0.1, 0.15) is 18.0 Å². The van der Waals surface area contributed by atoms with Crippen LogP contribution in [0.15, 0.2) is 11.0 Å². The summed E-state index contributed by atoms with van der Waals surface area (Å²) in [5.41, 5.74) is 0.955. The quantitative estimate of drug-likeness (QED) is 0.541. The number of hydrogen-bond donors (Lipinski definition) is 0. The molecule has 72 valence electrons. The summed E-state index contributed by atoms with van der Waals surface area (Å²) in [6.07, 6.45) is 2.39. The zero-order valence-corrected chi connectivity index (χ0v) is 9.83. The normalized spacial score (nSPS) is 18.8. The molecule has 1 fully saturated rings. The van der Waals surface area contributed by atoms with Crippen LogP contribution in [0.4, 0.5) is 0 Å². The number of likely N-dealkylation sites (tertiary alicyclic amines) is 1. The first kappa shape index (κ1) is 11.1. The summed E-state index contributed by atoms with van der Waals surface area (Å²) in [4.78, 5) is 2.18. The van der Waals surface area contributed by atoms with Gasteiger partial charge in [-0.25, -0.2) is 0 Å². The summed E-state index contributed by atoms with van der Waals surface area (Å²) in [6.45, 7) is 2.67. The first-order chi connectivity index (χ1) is 6.16. The van der Waals surface area contributed by atoms with E-state index in [9.17, 15) is 0 Å². The van der Waals surface area contributed by atoms with E-state index in [1.807, 2.05) is 6.92 Å². The molecular weight excluding hydrogens is 226 g/mol. The van der Waals surface area contributed by atoms with Gasteiger partial charge in [-0.15, -0.1) is 0 Å².